The monoisotopic (exact) mass is 302 g/mol. The zero-order valence-electron chi connectivity index (χ0n) is 11.3. The molecule has 1 N–H and O–H groups in total. The number of hydrogen-bond acceptors (Lipinski definition) is 3. The molecule has 2 aromatic carbocycles. The van der Waals surface area contributed by atoms with Crippen LogP contribution < -0.4 is 4.74 Å². The molecule has 0 amide bonds. The van der Waals surface area contributed by atoms with Crippen molar-refractivity contribution in [3.05, 3.63) is 70.8 Å². The molecule has 0 heterocycles. The zero-order valence-corrected chi connectivity index (χ0v) is 12.1. The summed E-state index contributed by atoms with van der Waals surface area (Å²) in [6.07, 6.45) is 3.27. The molecule has 0 unspecified atom stereocenters. The summed E-state index contributed by atoms with van der Waals surface area (Å²) >= 11 is 5.80. The Morgan fingerprint density at radius 3 is 2.38 bits per heavy atom. The number of aliphatic hydroxyl groups excluding tert-OH is 1. The molecule has 0 radical (unpaired) electrons. The average molecular weight is 303 g/mol. The molecule has 0 fully saturated rings. The summed E-state index contributed by atoms with van der Waals surface area (Å²) in [6, 6.07) is 14.1. The van der Waals surface area contributed by atoms with Gasteiger partial charge in [-0.05, 0) is 48.0 Å². The Hall–Kier alpha value is -2.10. The summed E-state index contributed by atoms with van der Waals surface area (Å²) in [4.78, 5) is 12.0. The second kappa shape index (κ2) is 7.62. The molecule has 0 aliphatic carbocycles. The maximum Gasteiger partial charge on any atom is 0.185 e. The second-order valence-corrected chi connectivity index (χ2v) is 4.78. The molecular formula is C17H15ClO3. The predicted molar refractivity (Wildman–Crippen MR) is 83.8 cm³/mol. The molecule has 21 heavy (non-hydrogen) atoms. The smallest absolute Gasteiger partial charge is 0.185 e. The molecule has 0 atom stereocenters. The minimum Gasteiger partial charge on any atom is -0.491 e. The van der Waals surface area contributed by atoms with Gasteiger partial charge in [-0.25, -0.2) is 0 Å². The topological polar surface area (TPSA) is 46.5 Å². The number of hydrogen-bond donors (Lipinski definition) is 1. The number of carbonyl (C=O) groups excluding carboxylic acids is 1. The van der Waals surface area contributed by atoms with Crippen LogP contribution in [0.15, 0.2) is 54.6 Å². The van der Waals surface area contributed by atoms with E-state index in [1.165, 1.54) is 6.08 Å². The van der Waals surface area contributed by atoms with Crippen molar-refractivity contribution >= 4 is 23.5 Å². The number of ketones is 1. The van der Waals surface area contributed by atoms with Gasteiger partial charge in [-0.3, -0.25) is 4.79 Å². The highest BCUT2D eigenvalue weighted by molar-refractivity contribution is 6.30. The van der Waals surface area contributed by atoms with Gasteiger partial charge in [0.15, 0.2) is 5.78 Å². The van der Waals surface area contributed by atoms with Crippen molar-refractivity contribution in [3.8, 4) is 5.75 Å². The highest BCUT2D eigenvalue weighted by Crippen LogP contribution is 2.14. The Balaban J connectivity index is 2.01. The second-order valence-electron chi connectivity index (χ2n) is 4.35. The van der Waals surface area contributed by atoms with Crippen LogP contribution in [-0.2, 0) is 0 Å². The third kappa shape index (κ3) is 4.74. The number of carbonyl (C=O) groups is 1. The van der Waals surface area contributed by atoms with Crippen LogP contribution in [0.2, 0.25) is 5.02 Å². The van der Waals surface area contributed by atoms with Crippen LogP contribution in [-0.4, -0.2) is 24.1 Å². The molecular weight excluding hydrogens is 288 g/mol. The third-order valence-corrected chi connectivity index (χ3v) is 3.05. The number of halogens is 1. The predicted octanol–water partition coefficient (Wildman–Crippen LogP) is 3.61. The van der Waals surface area contributed by atoms with Gasteiger partial charge in [0.2, 0.25) is 0 Å². The van der Waals surface area contributed by atoms with Gasteiger partial charge in [0.1, 0.15) is 12.4 Å². The Bertz CT molecular complexity index is 615. The van der Waals surface area contributed by atoms with E-state index in [4.69, 9.17) is 21.4 Å². The largest absolute Gasteiger partial charge is 0.491 e. The van der Waals surface area contributed by atoms with Crippen LogP contribution in [0.25, 0.3) is 6.08 Å². The van der Waals surface area contributed by atoms with E-state index in [0.717, 1.165) is 5.56 Å². The molecule has 0 saturated heterocycles. The lowest BCUT2D eigenvalue weighted by molar-refractivity contribution is 0.104. The van der Waals surface area contributed by atoms with E-state index in [2.05, 4.69) is 0 Å². The zero-order chi connectivity index (χ0) is 15.1. The first kappa shape index (κ1) is 15.3. The van der Waals surface area contributed by atoms with E-state index in [0.29, 0.717) is 16.3 Å². The highest BCUT2D eigenvalue weighted by Gasteiger charge is 2.02. The molecule has 0 aliphatic heterocycles. The molecule has 2 aromatic rings. The van der Waals surface area contributed by atoms with Gasteiger partial charge in [-0.15, -0.1) is 0 Å². The first-order valence-corrected chi connectivity index (χ1v) is 6.88. The normalized spacial score (nSPS) is 10.8. The van der Waals surface area contributed by atoms with Gasteiger partial charge < -0.3 is 9.84 Å². The number of aliphatic hydroxyl groups is 1. The summed E-state index contributed by atoms with van der Waals surface area (Å²) in [7, 11) is 0. The van der Waals surface area contributed by atoms with Crippen molar-refractivity contribution in [1.29, 1.82) is 0 Å². The first-order chi connectivity index (χ1) is 10.2. The van der Waals surface area contributed by atoms with E-state index in [-0.39, 0.29) is 19.0 Å². The van der Waals surface area contributed by atoms with E-state index < -0.39 is 0 Å². The quantitative estimate of drug-likeness (QED) is 0.655. The molecule has 0 aromatic heterocycles. The lowest BCUT2D eigenvalue weighted by Crippen LogP contribution is -2.02. The number of rotatable bonds is 6. The van der Waals surface area contributed by atoms with Crippen molar-refractivity contribution in [1.82, 2.24) is 0 Å². The highest BCUT2D eigenvalue weighted by atomic mass is 35.5. The molecule has 108 valence electrons. The van der Waals surface area contributed by atoms with Crippen molar-refractivity contribution in [2.45, 2.75) is 0 Å². The molecule has 3 nitrogen and oxygen atoms in total. The van der Waals surface area contributed by atoms with Gasteiger partial charge in [0.05, 0.1) is 6.61 Å². The summed E-state index contributed by atoms with van der Waals surface area (Å²) < 4.78 is 5.24. The van der Waals surface area contributed by atoms with Gasteiger partial charge in [-0.1, -0.05) is 29.8 Å². The van der Waals surface area contributed by atoms with Crippen LogP contribution >= 0.6 is 11.6 Å². The van der Waals surface area contributed by atoms with Gasteiger partial charge in [-0.2, -0.15) is 0 Å². The maximum atomic E-state index is 12.0. The summed E-state index contributed by atoms with van der Waals surface area (Å²) in [5.41, 5.74) is 1.49. The van der Waals surface area contributed by atoms with Crippen LogP contribution in [0.5, 0.6) is 5.75 Å². The Kier molecular flexibility index (Phi) is 5.55. The molecule has 2 rings (SSSR count). The van der Waals surface area contributed by atoms with Crippen molar-refractivity contribution in [2.24, 2.45) is 0 Å². The molecule has 0 aliphatic rings. The first-order valence-electron chi connectivity index (χ1n) is 6.51. The fourth-order valence-corrected chi connectivity index (χ4v) is 1.85. The number of ether oxygens (including phenoxy) is 1. The van der Waals surface area contributed by atoms with Gasteiger partial charge in [0, 0.05) is 10.6 Å². The molecule has 0 bridgehead atoms. The summed E-state index contributed by atoms with van der Waals surface area (Å²) in [5.74, 6) is 0.543. The number of benzene rings is 2. The van der Waals surface area contributed by atoms with E-state index in [9.17, 15) is 4.79 Å². The summed E-state index contributed by atoms with van der Waals surface area (Å²) in [6.45, 7) is 0.203. The molecule has 0 spiro atoms. The third-order valence-electron chi connectivity index (χ3n) is 2.80. The van der Waals surface area contributed by atoms with Crippen LogP contribution in [0, 0.1) is 0 Å². The van der Waals surface area contributed by atoms with Crippen molar-refractivity contribution in [3.63, 3.8) is 0 Å². The fraction of sp³-hybridized carbons (Fsp3) is 0.118. The Morgan fingerprint density at radius 2 is 1.76 bits per heavy atom. The Labute approximate surface area is 128 Å². The SMILES string of the molecule is O=C(C=Cc1ccc(Cl)cc1)c1ccc(OCCO)cc1. The van der Waals surface area contributed by atoms with Crippen LogP contribution in [0.3, 0.4) is 0 Å². The number of allylic oxidation sites excluding steroid dienone is 1. The van der Waals surface area contributed by atoms with Crippen molar-refractivity contribution in [2.75, 3.05) is 13.2 Å². The van der Waals surface area contributed by atoms with Gasteiger partial charge in [0.25, 0.3) is 0 Å². The van der Waals surface area contributed by atoms with Crippen LogP contribution in [0.4, 0.5) is 0 Å². The van der Waals surface area contributed by atoms with E-state index >= 15 is 0 Å². The standard InChI is InChI=1S/C17H15ClO3/c18-15-6-1-13(2-7-15)3-10-17(20)14-4-8-16(9-5-14)21-12-11-19/h1-10,19H,11-12H2. The van der Waals surface area contributed by atoms with E-state index in [1.54, 1.807) is 42.5 Å². The minimum absolute atomic E-state index is 0.0372. The fourth-order valence-electron chi connectivity index (χ4n) is 1.72. The minimum atomic E-state index is -0.0846. The maximum absolute atomic E-state index is 12.0. The van der Waals surface area contributed by atoms with Gasteiger partial charge >= 0.3 is 0 Å². The molecule has 0 saturated carbocycles. The summed E-state index contributed by atoms with van der Waals surface area (Å²) in [5, 5.41) is 9.33. The van der Waals surface area contributed by atoms with E-state index in [1.807, 2.05) is 12.1 Å². The lowest BCUT2D eigenvalue weighted by Gasteiger charge is -2.04. The lowest BCUT2D eigenvalue weighted by atomic mass is 10.1. The average Bonchev–Trinajstić information content (AvgIpc) is 2.52. The molecule has 4 heteroatoms. The van der Waals surface area contributed by atoms with Crippen LogP contribution in [0.1, 0.15) is 15.9 Å². The Morgan fingerprint density at radius 1 is 1.10 bits per heavy atom. The van der Waals surface area contributed by atoms with Crippen molar-refractivity contribution < 1.29 is 14.6 Å².